The fourth-order valence-corrected chi connectivity index (χ4v) is 4.98. The standard InChI is InChI=1S/C22H24F2N2O4S/c1-31(28,29)25-14-12-26(9-10-30-13-14)22(27)18-11-17(18)15-5-2-3-6-16(15)21-19(23)7-4-8-20(21)24/h2-8,14,17-18,25H,9-13H2,1H3. The molecule has 1 amide bonds. The number of nitrogens with one attached hydrogen (secondary N) is 1. The molecule has 4 rings (SSSR count). The predicted molar refractivity (Wildman–Crippen MR) is 112 cm³/mol. The highest BCUT2D eigenvalue weighted by molar-refractivity contribution is 7.88. The van der Waals surface area contributed by atoms with Gasteiger partial charge < -0.3 is 9.64 Å². The van der Waals surface area contributed by atoms with Crippen LogP contribution >= 0.6 is 0 Å². The normalized spacial score (nSPS) is 24.0. The van der Waals surface area contributed by atoms with Crippen LogP contribution in [0.1, 0.15) is 17.9 Å². The van der Waals surface area contributed by atoms with E-state index in [0.717, 1.165) is 11.8 Å². The van der Waals surface area contributed by atoms with Crippen LogP contribution in [0.25, 0.3) is 11.1 Å². The summed E-state index contributed by atoms with van der Waals surface area (Å²) >= 11 is 0. The fourth-order valence-electron chi connectivity index (χ4n) is 4.23. The molecule has 31 heavy (non-hydrogen) atoms. The Bertz CT molecular complexity index is 1070. The first kappa shape index (κ1) is 21.9. The van der Waals surface area contributed by atoms with Gasteiger partial charge in [0.1, 0.15) is 11.6 Å². The number of hydrogen-bond acceptors (Lipinski definition) is 4. The smallest absolute Gasteiger partial charge is 0.226 e. The molecule has 0 spiro atoms. The van der Waals surface area contributed by atoms with Gasteiger partial charge in [-0.15, -0.1) is 0 Å². The van der Waals surface area contributed by atoms with Crippen molar-refractivity contribution in [3.05, 3.63) is 59.7 Å². The van der Waals surface area contributed by atoms with E-state index in [4.69, 9.17) is 4.74 Å². The van der Waals surface area contributed by atoms with Gasteiger partial charge in [0.05, 0.1) is 31.1 Å². The number of ether oxygens (including phenoxy) is 1. The molecule has 1 heterocycles. The van der Waals surface area contributed by atoms with Gasteiger partial charge in [-0.2, -0.15) is 0 Å². The molecule has 1 aliphatic heterocycles. The summed E-state index contributed by atoms with van der Waals surface area (Å²) in [5.41, 5.74) is 1.10. The third kappa shape index (κ3) is 4.94. The number of sulfonamides is 1. The summed E-state index contributed by atoms with van der Waals surface area (Å²) in [5.74, 6) is -1.84. The Labute approximate surface area is 180 Å². The number of amides is 1. The van der Waals surface area contributed by atoms with Crippen molar-refractivity contribution in [2.24, 2.45) is 5.92 Å². The van der Waals surface area contributed by atoms with Crippen molar-refractivity contribution in [2.45, 2.75) is 18.4 Å². The lowest BCUT2D eigenvalue weighted by Gasteiger charge is -2.24. The minimum atomic E-state index is -3.43. The van der Waals surface area contributed by atoms with Gasteiger partial charge in [0.2, 0.25) is 15.9 Å². The van der Waals surface area contributed by atoms with Crippen LogP contribution in [-0.4, -0.2) is 57.8 Å². The Morgan fingerprint density at radius 1 is 1.13 bits per heavy atom. The zero-order valence-electron chi connectivity index (χ0n) is 17.1. The molecule has 2 fully saturated rings. The fraction of sp³-hybridized carbons (Fsp3) is 0.409. The summed E-state index contributed by atoms with van der Waals surface area (Å²) < 4.78 is 59.8. The van der Waals surface area contributed by atoms with Gasteiger partial charge in [-0.1, -0.05) is 30.3 Å². The first-order valence-electron chi connectivity index (χ1n) is 10.1. The van der Waals surface area contributed by atoms with Crippen LogP contribution in [0.2, 0.25) is 0 Å². The SMILES string of the molecule is CS(=O)(=O)NC1COCCN(C(=O)C2CC2c2ccccc2-c2c(F)cccc2F)C1. The number of carbonyl (C=O) groups excluding carboxylic acids is 1. The van der Waals surface area contributed by atoms with E-state index in [1.165, 1.54) is 18.2 Å². The van der Waals surface area contributed by atoms with Gasteiger partial charge in [-0.25, -0.2) is 21.9 Å². The van der Waals surface area contributed by atoms with Crippen molar-refractivity contribution in [3.8, 4) is 11.1 Å². The maximum Gasteiger partial charge on any atom is 0.226 e. The summed E-state index contributed by atoms with van der Waals surface area (Å²) in [7, 11) is -3.43. The van der Waals surface area contributed by atoms with Crippen LogP contribution < -0.4 is 4.72 Å². The van der Waals surface area contributed by atoms with Crippen LogP contribution in [0.3, 0.4) is 0 Å². The van der Waals surface area contributed by atoms with Crippen LogP contribution in [0.5, 0.6) is 0 Å². The number of halogens is 2. The molecule has 1 saturated heterocycles. The number of nitrogens with zero attached hydrogens (tertiary/aromatic N) is 1. The summed E-state index contributed by atoms with van der Waals surface area (Å²) in [5, 5.41) is 0. The molecule has 3 unspecified atom stereocenters. The summed E-state index contributed by atoms with van der Waals surface area (Å²) in [6.07, 6.45) is 1.65. The molecule has 0 bridgehead atoms. The topological polar surface area (TPSA) is 75.7 Å². The Hall–Kier alpha value is -2.36. The van der Waals surface area contributed by atoms with Gasteiger partial charge in [0.25, 0.3) is 0 Å². The van der Waals surface area contributed by atoms with E-state index in [-0.39, 0.29) is 36.5 Å². The van der Waals surface area contributed by atoms with Gasteiger partial charge in [0.15, 0.2) is 0 Å². The van der Waals surface area contributed by atoms with E-state index in [1.54, 1.807) is 29.2 Å². The highest BCUT2D eigenvalue weighted by Crippen LogP contribution is 2.51. The molecule has 1 saturated carbocycles. The molecular weight excluding hydrogens is 426 g/mol. The van der Waals surface area contributed by atoms with Crippen molar-refractivity contribution in [1.82, 2.24) is 9.62 Å². The minimum Gasteiger partial charge on any atom is -0.378 e. The van der Waals surface area contributed by atoms with Gasteiger partial charge in [0, 0.05) is 19.0 Å². The van der Waals surface area contributed by atoms with Crippen LogP contribution in [-0.2, 0) is 19.6 Å². The van der Waals surface area contributed by atoms with Crippen LogP contribution in [0.4, 0.5) is 8.78 Å². The van der Waals surface area contributed by atoms with E-state index in [2.05, 4.69) is 4.72 Å². The summed E-state index contributed by atoms with van der Waals surface area (Å²) in [6, 6.07) is 10.2. The lowest BCUT2D eigenvalue weighted by Crippen LogP contribution is -2.46. The summed E-state index contributed by atoms with van der Waals surface area (Å²) in [4.78, 5) is 14.8. The average molecular weight is 451 g/mol. The summed E-state index contributed by atoms with van der Waals surface area (Å²) in [6.45, 7) is 1.11. The maximum absolute atomic E-state index is 14.4. The maximum atomic E-state index is 14.4. The third-order valence-corrected chi connectivity index (χ3v) is 6.42. The minimum absolute atomic E-state index is 0.0863. The Balaban J connectivity index is 1.53. The quantitative estimate of drug-likeness (QED) is 0.760. The van der Waals surface area contributed by atoms with Crippen molar-refractivity contribution in [1.29, 1.82) is 0 Å². The second-order valence-electron chi connectivity index (χ2n) is 8.08. The Kier molecular flexibility index (Phi) is 6.09. The van der Waals surface area contributed by atoms with Crippen molar-refractivity contribution < 1.29 is 26.7 Å². The van der Waals surface area contributed by atoms with E-state index >= 15 is 0 Å². The molecule has 3 atom stereocenters. The number of rotatable bonds is 5. The second-order valence-corrected chi connectivity index (χ2v) is 9.86. The number of hydrogen-bond donors (Lipinski definition) is 1. The van der Waals surface area contributed by atoms with E-state index in [1.807, 2.05) is 0 Å². The number of benzene rings is 2. The zero-order valence-corrected chi connectivity index (χ0v) is 17.9. The molecule has 1 N–H and O–H groups in total. The van der Waals surface area contributed by atoms with E-state index in [0.29, 0.717) is 25.1 Å². The molecule has 1 aliphatic carbocycles. The highest BCUT2D eigenvalue weighted by atomic mass is 32.2. The molecular formula is C22H24F2N2O4S. The molecule has 2 aliphatic rings. The Morgan fingerprint density at radius 3 is 2.55 bits per heavy atom. The van der Waals surface area contributed by atoms with Crippen molar-refractivity contribution >= 4 is 15.9 Å². The first-order chi connectivity index (χ1) is 14.7. The first-order valence-corrected chi connectivity index (χ1v) is 12.0. The molecule has 2 aromatic carbocycles. The average Bonchev–Trinajstić information content (AvgIpc) is 3.51. The molecule has 2 aromatic rings. The van der Waals surface area contributed by atoms with Crippen molar-refractivity contribution in [3.63, 3.8) is 0 Å². The van der Waals surface area contributed by atoms with Crippen LogP contribution in [0.15, 0.2) is 42.5 Å². The van der Waals surface area contributed by atoms with E-state index < -0.39 is 27.7 Å². The van der Waals surface area contributed by atoms with Gasteiger partial charge >= 0.3 is 0 Å². The van der Waals surface area contributed by atoms with E-state index in [9.17, 15) is 22.0 Å². The largest absolute Gasteiger partial charge is 0.378 e. The van der Waals surface area contributed by atoms with Gasteiger partial charge in [-0.3, -0.25) is 4.79 Å². The van der Waals surface area contributed by atoms with Crippen LogP contribution in [0, 0.1) is 17.6 Å². The Morgan fingerprint density at radius 2 is 1.84 bits per heavy atom. The number of carbonyl (C=O) groups is 1. The lowest BCUT2D eigenvalue weighted by atomic mass is 9.95. The molecule has 0 radical (unpaired) electrons. The monoisotopic (exact) mass is 450 g/mol. The third-order valence-electron chi connectivity index (χ3n) is 5.66. The lowest BCUT2D eigenvalue weighted by molar-refractivity contribution is -0.132. The molecule has 9 heteroatoms. The van der Waals surface area contributed by atoms with Crippen molar-refractivity contribution in [2.75, 3.05) is 32.6 Å². The molecule has 0 aromatic heterocycles. The molecule has 166 valence electrons. The zero-order chi connectivity index (χ0) is 22.2. The predicted octanol–water partition coefficient (Wildman–Crippen LogP) is 2.51. The highest BCUT2D eigenvalue weighted by Gasteiger charge is 2.47. The second kappa shape index (κ2) is 8.64. The molecule has 6 nitrogen and oxygen atoms in total. The van der Waals surface area contributed by atoms with Gasteiger partial charge in [-0.05, 0) is 35.6 Å².